The van der Waals surface area contributed by atoms with Crippen LogP contribution >= 0.6 is 0 Å². The Morgan fingerprint density at radius 2 is 2.10 bits per heavy atom. The van der Waals surface area contributed by atoms with Crippen LogP contribution in [0.1, 0.15) is 11.1 Å². The molecule has 0 bridgehead atoms. The molecule has 0 aliphatic carbocycles. The molecule has 1 N–H and O–H groups in total. The Balaban J connectivity index is 1.96. The Kier molecular flexibility index (Phi) is 5.55. The van der Waals surface area contributed by atoms with E-state index in [2.05, 4.69) is 21.3 Å². The van der Waals surface area contributed by atoms with Crippen molar-refractivity contribution >= 4 is 15.7 Å². The summed E-state index contributed by atoms with van der Waals surface area (Å²) in [5.74, 6) is 1.33. The van der Waals surface area contributed by atoms with Crippen LogP contribution in [0.3, 0.4) is 0 Å². The van der Waals surface area contributed by atoms with Crippen LogP contribution in [0.4, 0.5) is 5.82 Å². The molecule has 2 heterocycles. The molecule has 1 fully saturated rings. The third kappa shape index (κ3) is 4.66. The van der Waals surface area contributed by atoms with Crippen molar-refractivity contribution in [1.29, 1.82) is 0 Å². The first-order chi connectivity index (χ1) is 10.0. The second-order valence-electron chi connectivity index (χ2n) is 5.29. The Bertz CT molecular complexity index is 561. The predicted octanol–water partition coefficient (Wildman–Crippen LogP) is 0.361. The lowest BCUT2D eigenvalue weighted by atomic mass is 10.2. The van der Waals surface area contributed by atoms with Gasteiger partial charge in [0.25, 0.3) is 0 Å². The summed E-state index contributed by atoms with van der Waals surface area (Å²) in [6.45, 7) is 5.33. The van der Waals surface area contributed by atoms with Gasteiger partial charge in [0, 0.05) is 39.5 Å². The van der Waals surface area contributed by atoms with Crippen LogP contribution in [-0.2, 0) is 21.1 Å². The highest BCUT2D eigenvalue weighted by Crippen LogP contribution is 2.20. The molecular weight excluding hydrogens is 290 g/mol. The largest absolute Gasteiger partial charge is 0.383 e. The first-order valence-corrected chi connectivity index (χ1v) is 8.94. The number of aromatic nitrogens is 1. The van der Waals surface area contributed by atoms with E-state index in [0.29, 0.717) is 19.7 Å². The highest BCUT2D eigenvalue weighted by Gasteiger charge is 2.23. The molecule has 0 atom stereocenters. The standard InChI is InChI=1S/C14H23N3O3S/c1-12-9-13(10-15-3-6-20-2)11-16-14(12)17-4-7-21(18,19)8-5-17/h9,11,15H,3-8,10H2,1-2H3. The number of nitrogens with one attached hydrogen (secondary N) is 1. The minimum Gasteiger partial charge on any atom is -0.383 e. The van der Waals surface area contributed by atoms with Crippen molar-refractivity contribution in [3.05, 3.63) is 23.4 Å². The van der Waals surface area contributed by atoms with E-state index in [1.165, 1.54) is 0 Å². The number of nitrogens with zero attached hydrogens (tertiary/aromatic N) is 2. The lowest BCUT2D eigenvalue weighted by Crippen LogP contribution is -2.41. The van der Waals surface area contributed by atoms with Gasteiger partial charge in [-0.3, -0.25) is 0 Å². The van der Waals surface area contributed by atoms with Gasteiger partial charge in [-0.1, -0.05) is 0 Å². The maximum absolute atomic E-state index is 11.5. The molecule has 6 nitrogen and oxygen atoms in total. The smallest absolute Gasteiger partial charge is 0.153 e. The third-order valence-corrected chi connectivity index (χ3v) is 5.17. The maximum atomic E-state index is 11.5. The average Bonchev–Trinajstić information content (AvgIpc) is 2.44. The van der Waals surface area contributed by atoms with Gasteiger partial charge in [0.05, 0.1) is 18.1 Å². The first-order valence-electron chi connectivity index (χ1n) is 7.12. The number of hydrogen-bond donors (Lipinski definition) is 1. The van der Waals surface area contributed by atoms with Gasteiger partial charge in [-0.2, -0.15) is 0 Å². The van der Waals surface area contributed by atoms with E-state index in [9.17, 15) is 8.42 Å². The molecule has 0 spiro atoms. The minimum absolute atomic E-state index is 0.217. The molecule has 0 amide bonds. The molecule has 1 aliphatic rings. The topological polar surface area (TPSA) is 71.5 Å². The van der Waals surface area contributed by atoms with E-state index < -0.39 is 9.84 Å². The van der Waals surface area contributed by atoms with Gasteiger partial charge < -0.3 is 15.0 Å². The van der Waals surface area contributed by atoms with E-state index in [-0.39, 0.29) is 11.5 Å². The fourth-order valence-electron chi connectivity index (χ4n) is 2.38. The van der Waals surface area contributed by atoms with Gasteiger partial charge in [0.15, 0.2) is 9.84 Å². The second kappa shape index (κ2) is 7.20. The van der Waals surface area contributed by atoms with Crippen molar-refractivity contribution in [3.63, 3.8) is 0 Å². The van der Waals surface area contributed by atoms with Gasteiger partial charge in [-0.25, -0.2) is 13.4 Å². The zero-order valence-corrected chi connectivity index (χ0v) is 13.4. The quantitative estimate of drug-likeness (QED) is 0.765. The highest BCUT2D eigenvalue weighted by atomic mass is 32.2. The van der Waals surface area contributed by atoms with Gasteiger partial charge in [-0.05, 0) is 24.1 Å². The SMILES string of the molecule is COCCNCc1cnc(N2CCS(=O)(=O)CC2)c(C)c1. The summed E-state index contributed by atoms with van der Waals surface area (Å²) >= 11 is 0. The van der Waals surface area contributed by atoms with E-state index in [0.717, 1.165) is 30.0 Å². The fourth-order valence-corrected chi connectivity index (χ4v) is 3.59. The summed E-state index contributed by atoms with van der Waals surface area (Å²) < 4.78 is 27.9. The Morgan fingerprint density at radius 1 is 1.38 bits per heavy atom. The third-order valence-electron chi connectivity index (χ3n) is 3.56. The summed E-state index contributed by atoms with van der Waals surface area (Å²) in [5.41, 5.74) is 2.21. The minimum atomic E-state index is -2.85. The number of methoxy groups -OCH3 is 1. The molecule has 0 unspecified atom stereocenters. The van der Waals surface area contributed by atoms with Gasteiger partial charge in [0.1, 0.15) is 5.82 Å². The summed E-state index contributed by atoms with van der Waals surface area (Å²) in [6, 6.07) is 2.10. The van der Waals surface area contributed by atoms with Crippen LogP contribution in [0.2, 0.25) is 0 Å². The molecule has 1 saturated heterocycles. The van der Waals surface area contributed by atoms with Crippen molar-refractivity contribution in [2.45, 2.75) is 13.5 Å². The molecule has 7 heteroatoms. The first kappa shape index (κ1) is 16.2. The van der Waals surface area contributed by atoms with Crippen LogP contribution in [0, 0.1) is 6.92 Å². The monoisotopic (exact) mass is 313 g/mol. The van der Waals surface area contributed by atoms with Crippen molar-refractivity contribution in [3.8, 4) is 0 Å². The van der Waals surface area contributed by atoms with Crippen LogP contribution in [0.25, 0.3) is 0 Å². The van der Waals surface area contributed by atoms with Gasteiger partial charge >= 0.3 is 0 Å². The highest BCUT2D eigenvalue weighted by molar-refractivity contribution is 7.91. The molecule has 2 rings (SSSR count). The zero-order valence-electron chi connectivity index (χ0n) is 12.6. The molecule has 0 aromatic carbocycles. The lowest BCUT2D eigenvalue weighted by molar-refractivity contribution is 0.199. The number of aryl methyl sites for hydroxylation is 1. The number of anilines is 1. The summed E-state index contributed by atoms with van der Waals surface area (Å²) in [7, 11) is -1.17. The summed E-state index contributed by atoms with van der Waals surface area (Å²) in [6.07, 6.45) is 1.85. The van der Waals surface area contributed by atoms with Crippen LogP contribution < -0.4 is 10.2 Å². The van der Waals surface area contributed by atoms with Gasteiger partial charge in [-0.15, -0.1) is 0 Å². The van der Waals surface area contributed by atoms with Crippen molar-refractivity contribution in [2.75, 3.05) is 49.8 Å². The van der Waals surface area contributed by atoms with Crippen molar-refractivity contribution < 1.29 is 13.2 Å². The Labute approximate surface area is 126 Å². The number of hydrogen-bond acceptors (Lipinski definition) is 6. The van der Waals surface area contributed by atoms with E-state index in [4.69, 9.17) is 4.74 Å². The molecule has 118 valence electrons. The van der Waals surface area contributed by atoms with E-state index in [1.54, 1.807) is 7.11 Å². The summed E-state index contributed by atoms with van der Waals surface area (Å²) in [4.78, 5) is 6.56. The molecule has 1 aliphatic heterocycles. The average molecular weight is 313 g/mol. The van der Waals surface area contributed by atoms with Crippen LogP contribution in [0.15, 0.2) is 12.3 Å². The number of sulfone groups is 1. The Morgan fingerprint density at radius 3 is 2.71 bits per heavy atom. The van der Waals surface area contributed by atoms with Crippen molar-refractivity contribution in [2.24, 2.45) is 0 Å². The molecule has 0 saturated carbocycles. The number of ether oxygens (including phenoxy) is 1. The molecular formula is C14H23N3O3S. The fraction of sp³-hybridized carbons (Fsp3) is 0.643. The van der Waals surface area contributed by atoms with Crippen LogP contribution in [-0.4, -0.2) is 58.3 Å². The molecule has 1 aromatic heterocycles. The Hall–Kier alpha value is -1.18. The number of pyridine rings is 1. The lowest BCUT2D eigenvalue weighted by Gasteiger charge is -2.29. The maximum Gasteiger partial charge on any atom is 0.153 e. The summed E-state index contributed by atoms with van der Waals surface area (Å²) in [5, 5.41) is 3.28. The molecule has 0 radical (unpaired) electrons. The predicted molar refractivity (Wildman–Crippen MR) is 83.4 cm³/mol. The normalized spacial score (nSPS) is 17.9. The molecule has 21 heavy (non-hydrogen) atoms. The number of rotatable bonds is 6. The van der Waals surface area contributed by atoms with Crippen LogP contribution in [0.5, 0.6) is 0 Å². The van der Waals surface area contributed by atoms with Crippen molar-refractivity contribution in [1.82, 2.24) is 10.3 Å². The van der Waals surface area contributed by atoms with Gasteiger partial charge in [0.2, 0.25) is 0 Å². The molecule has 1 aromatic rings. The van der Waals surface area contributed by atoms with E-state index >= 15 is 0 Å². The second-order valence-corrected chi connectivity index (χ2v) is 7.60. The zero-order chi connectivity index (χ0) is 15.3. The van der Waals surface area contributed by atoms with E-state index in [1.807, 2.05) is 13.1 Å².